The zero-order chi connectivity index (χ0) is 26.3. The maximum atomic E-state index is 13.6. The highest BCUT2D eigenvalue weighted by molar-refractivity contribution is 6.08. The molecule has 2 aliphatic rings. The Morgan fingerprint density at radius 1 is 1.11 bits per heavy atom. The molecule has 198 valence electrons. The van der Waals surface area contributed by atoms with Crippen LogP contribution in [0.2, 0.25) is 0 Å². The molecule has 12 heteroatoms. The first-order chi connectivity index (χ1) is 18.3. The molecule has 0 atom stereocenters. The Morgan fingerprint density at radius 3 is 2.63 bits per heavy atom. The second kappa shape index (κ2) is 9.69. The third-order valence-electron chi connectivity index (χ3n) is 7.11. The molecule has 0 radical (unpaired) electrons. The number of aromatic nitrogens is 5. The number of carbonyl (C=O) groups is 1. The van der Waals surface area contributed by atoms with Gasteiger partial charge in [0.05, 0.1) is 23.1 Å². The first kappa shape index (κ1) is 24.3. The van der Waals surface area contributed by atoms with E-state index in [1.807, 2.05) is 37.2 Å². The smallest absolute Gasteiger partial charge is 0.300 e. The molecule has 0 aromatic carbocycles. The maximum absolute atomic E-state index is 13.6. The van der Waals surface area contributed by atoms with Crippen molar-refractivity contribution in [3.63, 3.8) is 0 Å². The number of oxazole rings is 1. The van der Waals surface area contributed by atoms with E-state index in [4.69, 9.17) is 9.40 Å². The number of rotatable bonds is 5. The maximum Gasteiger partial charge on any atom is 0.300 e. The molecule has 2 saturated heterocycles. The van der Waals surface area contributed by atoms with Crippen molar-refractivity contribution >= 4 is 34.8 Å². The summed E-state index contributed by atoms with van der Waals surface area (Å²) in [5.41, 5.74) is 2.11. The summed E-state index contributed by atoms with van der Waals surface area (Å²) in [6.45, 7) is 6.26. The summed E-state index contributed by atoms with van der Waals surface area (Å²) in [6.07, 6.45) is 4.75. The molecule has 6 heterocycles. The normalized spacial score (nSPS) is 17.7. The summed E-state index contributed by atoms with van der Waals surface area (Å²) in [6, 6.07) is 7.68. The van der Waals surface area contributed by atoms with Gasteiger partial charge in [-0.3, -0.25) is 9.48 Å². The van der Waals surface area contributed by atoms with Crippen LogP contribution in [0.3, 0.4) is 0 Å². The van der Waals surface area contributed by atoms with E-state index in [1.165, 1.54) is 0 Å². The third kappa shape index (κ3) is 4.92. The third-order valence-corrected chi connectivity index (χ3v) is 7.11. The Labute approximate surface area is 219 Å². The molecule has 6 rings (SSSR count). The van der Waals surface area contributed by atoms with E-state index < -0.39 is 5.60 Å². The average Bonchev–Trinajstić information content (AvgIpc) is 3.54. The summed E-state index contributed by atoms with van der Waals surface area (Å²) in [7, 11) is 1.84. The number of carbonyl (C=O) groups excluding carboxylic acids is 1. The van der Waals surface area contributed by atoms with E-state index in [1.54, 1.807) is 23.0 Å². The second-order valence-corrected chi connectivity index (χ2v) is 10.2. The van der Waals surface area contributed by atoms with Crippen molar-refractivity contribution in [2.45, 2.75) is 25.4 Å². The largest absolute Gasteiger partial charge is 0.422 e. The van der Waals surface area contributed by atoms with Crippen LogP contribution < -0.4 is 20.4 Å². The van der Waals surface area contributed by atoms with Gasteiger partial charge in [-0.15, -0.1) is 0 Å². The monoisotopic (exact) mass is 517 g/mol. The Bertz CT molecular complexity index is 1460. The van der Waals surface area contributed by atoms with Gasteiger partial charge in [0.25, 0.3) is 11.9 Å². The number of aryl methyl sites for hydroxylation is 1. The quantitative estimate of drug-likeness (QED) is 0.361. The molecule has 1 amide bonds. The number of fused-ring (bicyclic) bond motifs is 1. The summed E-state index contributed by atoms with van der Waals surface area (Å²) in [4.78, 5) is 31.8. The van der Waals surface area contributed by atoms with Gasteiger partial charge < -0.3 is 30.0 Å². The molecule has 0 bridgehead atoms. The number of hydrogen-bond acceptors (Lipinski definition) is 10. The van der Waals surface area contributed by atoms with Gasteiger partial charge in [-0.2, -0.15) is 10.1 Å². The Hall–Kier alpha value is -4.03. The summed E-state index contributed by atoms with van der Waals surface area (Å²) in [5.74, 6) is 0.597. The number of piperidine rings is 1. The fourth-order valence-electron chi connectivity index (χ4n) is 4.84. The number of anilines is 3. The van der Waals surface area contributed by atoms with Gasteiger partial charge in [-0.05, 0) is 31.9 Å². The van der Waals surface area contributed by atoms with Crippen LogP contribution in [-0.2, 0) is 7.05 Å². The molecular formula is C26H31N9O3. The lowest BCUT2D eigenvalue weighted by atomic mass is 9.93. The van der Waals surface area contributed by atoms with Gasteiger partial charge in [-0.25, -0.2) is 9.97 Å². The van der Waals surface area contributed by atoms with E-state index in [9.17, 15) is 9.90 Å². The van der Waals surface area contributed by atoms with Crippen molar-refractivity contribution in [1.82, 2.24) is 30.0 Å². The van der Waals surface area contributed by atoms with Crippen molar-refractivity contribution in [3.05, 3.63) is 42.2 Å². The predicted octanol–water partition coefficient (Wildman–Crippen LogP) is 2.03. The SMILES string of the molecule is Cn1cc(-c2cccc(NC(=O)c3cc4oc(N5CCNCC5)nc4nc3N3CCC(C)(O)CC3)n2)cn1. The van der Waals surface area contributed by atoms with Gasteiger partial charge in [0.15, 0.2) is 5.58 Å². The summed E-state index contributed by atoms with van der Waals surface area (Å²) in [5, 5.41) is 20.9. The van der Waals surface area contributed by atoms with Crippen molar-refractivity contribution in [2.24, 2.45) is 7.05 Å². The molecular weight excluding hydrogens is 486 g/mol. The van der Waals surface area contributed by atoms with Crippen LogP contribution in [0.25, 0.3) is 22.5 Å². The summed E-state index contributed by atoms with van der Waals surface area (Å²) >= 11 is 0. The van der Waals surface area contributed by atoms with Crippen LogP contribution in [0.5, 0.6) is 0 Å². The molecule has 4 aromatic rings. The minimum atomic E-state index is -0.733. The van der Waals surface area contributed by atoms with Crippen molar-refractivity contribution < 1.29 is 14.3 Å². The van der Waals surface area contributed by atoms with E-state index in [-0.39, 0.29) is 5.91 Å². The molecule has 0 unspecified atom stereocenters. The lowest BCUT2D eigenvalue weighted by Crippen LogP contribution is -2.43. The number of piperazine rings is 1. The number of nitrogens with one attached hydrogen (secondary N) is 2. The number of amides is 1. The highest BCUT2D eigenvalue weighted by Crippen LogP contribution is 2.31. The Morgan fingerprint density at radius 2 is 1.89 bits per heavy atom. The highest BCUT2D eigenvalue weighted by atomic mass is 16.4. The van der Waals surface area contributed by atoms with Crippen LogP contribution in [0.15, 0.2) is 41.1 Å². The first-order valence-corrected chi connectivity index (χ1v) is 12.9. The number of aliphatic hydroxyl groups is 1. The number of hydrogen-bond donors (Lipinski definition) is 3. The highest BCUT2D eigenvalue weighted by Gasteiger charge is 2.31. The van der Waals surface area contributed by atoms with Gasteiger partial charge in [0.1, 0.15) is 11.6 Å². The molecule has 3 N–H and O–H groups in total. The van der Waals surface area contributed by atoms with Gasteiger partial charge in [0.2, 0.25) is 5.65 Å². The van der Waals surface area contributed by atoms with Crippen molar-refractivity contribution in [3.8, 4) is 11.3 Å². The van der Waals surface area contributed by atoms with Crippen LogP contribution in [-0.4, -0.2) is 80.6 Å². The van der Waals surface area contributed by atoms with E-state index in [2.05, 4.69) is 30.6 Å². The number of nitrogens with zero attached hydrogens (tertiary/aromatic N) is 7. The molecule has 0 aliphatic carbocycles. The Balaban J connectivity index is 1.34. The lowest BCUT2D eigenvalue weighted by Gasteiger charge is -2.37. The standard InChI is InChI=1S/C26H31N9O3/c1-26(37)6-10-34(11-7-26)23-18(14-20-22(31-23)32-25(38-20)35-12-8-27-9-13-35)24(36)30-21-5-3-4-19(29-21)17-15-28-33(2)16-17/h3-5,14-16,27,37H,6-13H2,1-2H3,(H,29,30,36). The van der Waals surface area contributed by atoms with E-state index in [0.717, 1.165) is 31.7 Å². The fourth-order valence-corrected chi connectivity index (χ4v) is 4.84. The van der Waals surface area contributed by atoms with E-state index in [0.29, 0.717) is 66.1 Å². The van der Waals surface area contributed by atoms with Crippen LogP contribution in [0, 0.1) is 0 Å². The summed E-state index contributed by atoms with van der Waals surface area (Å²) < 4.78 is 7.77. The lowest BCUT2D eigenvalue weighted by molar-refractivity contribution is 0.0350. The van der Waals surface area contributed by atoms with Crippen LogP contribution in [0.1, 0.15) is 30.1 Å². The fraction of sp³-hybridized carbons (Fsp3) is 0.423. The molecule has 2 fully saturated rings. The van der Waals surface area contributed by atoms with E-state index >= 15 is 0 Å². The Kier molecular flexibility index (Phi) is 6.20. The number of pyridine rings is 2. The van der Waals surface area contributed by atoms with Crippen LogP contribution >= 0.6 is 0 Å². The zero-order valence-corrected chi connectivity index (χ0v) is 21.5. The van der Waals surface area contributed by atoms with Crippen LogP contribution in [0.4, 0.5) is 17.7 Å². The van der Waals surface area contributed by atoms with Crippen molar-refractivity contribution in [1.29, 1.82) is 0 Å². The molecule has 4 aromatic heterocycles. The zero-order valence-electron chi connectivity index (χ0n) is 21.5. The molecule has 12 nitrogen and oxygen atoms in total. The molecule has 2 aliphatic heterocycles. The first-order valence-electron chi connectivity index (χ1n) is 12.9. The molecule has 38 heavy (non-hydrogen) atoms. The predicted molar refractivity (Wildman–Crippen MR) is 143 cm³/mol. The minimum Gasteiger partial charge on any atom is -0.422 e. The molecule has 0 saturated carbocycles. The van der Waals surface area contributed by atoms with Gasteiger partial charge >= 0.3 is 0 Å². The topological polar surface area (TPSA) is 137 Å². The van der Waals surface area contributed by atoms with Gasteiger partial charge in [-0.1, -0.05) is 6.07 Å². The average molecular weight is 518 g/mol. The second-order valence-electron chi connectivity index (χ2n) is 10.2. The minimum absolute atomic E-state index is 0.345. The van der Waals surface area contributed by atoms with Gasteiger partial charge in [0, 0.05) is 64.1 Å². The van der Waals surface area contributed by atoms with Crippen molar-refractivity contribution in [2.75, 3.05) is 54.4 Å². The molecule has 0 spiro atoms.